The van der Waals surface area contributed by atoms with Crippen LogP contribution in [-0.4, -0.2) is 25.8 Å². The third kappa shape index (κ3) is 4.68. The van der Waals surface area contributed by atoms with Crippen molar-refractivity contribution < 1.29 is 4.74 Å². The van der Waals surface area contributed by atoms with E-state index in [9.17, 15) is 0 Å². The second kappa shape index (κ2) is 7.73. The van der Waals surface area contributed by atoms with E-state index in [2.05, 4.69) is 18.2 Å². The van der Waals surface area contributed by atoms with Gasteiger partial charge < -0.3 is 10.1 Å². The summed E-state index contributed by atoms with van der Waals surface area (Å²) in [4.78, 5) is 0. The van der Waals surface area contributed by atoms with Gasteiger partial charge in [0.2, 0.25) is 0 Å². The van der Waals surface area contributed by atoms with Gasteiger partial charge in [-0.2, -0.15) is 0 Å². The van der Waals surface area contributed by atoms with Crippen molar-refractivity contribution in [2.45, 2.75) is 45.1 Å². The number of ether oxygens (including phenoxy) is 1. The third-order valence-corrected chi connectivity index (χ3v) is 3.20. The maximum atomic E-state index is 5.90. The van der Waals surface area contributed by atoms with Crippen molar-refractivity contribution in [2.75, 3.05) is 19.7 Å². The zero-order chi connectivity index (χ0) is 10.9. The molecule has 1 fully saturated rings. The minimum Gasteiger partial charge on any atom is -0.377 e. The summed E-state index contributed by atoms with van der Waals surface area (Å²) in [7, 11) is 0. The predicted molar refractivity (Wildman–Crippen MR) is 63.7 cm³/mol. The predicted octanol–water partition coefficient (Wildman–Crippen LogP) is 2.19. The van der Waals surface area contributed by atoms with Gasteiger partial charge in [0.15, 0.2) is 0 Å². The Bertz CT molecular complexity index is 197. The fourth-order valence-corrected chi connectivity index (χ4v) is 2.30. The van der Waals surface area contributed by atoms with Crippen molar-refractivity contribution in [3.8, 4) is 12.3 Å². The largest absolute Gasteiger partial charge is 0.377 e. The summed E-state index contributed by atoms with van der Waals surface area (Å²) in [6.45, 7) is 4.58. The average Bonchev–Trinajstić information content (AvgIpc) is 2.29. The molecule has 0 radical (unpaired) electrons. The zero-order valence-electron chi connectivity index (χ0n) is 9.80. The number of hydrogen-bond donors (Lipinski definition) is 1. The Morgan fingerprint density at radius 3 is 2.93 bits per heavy atom. The molecule has 0 aromatic carbocycles. The van der Waals surface area contributed by atoms with Gasteiger partial charge in [0.1, 0.15) is 0 Å². The third-order valence-electron chi connectivity index (χ3n) is 3.20. The van der Waals surface area contributed by atoms with Crippen LogP contribution in [0, 0.1) is 18.3 Å². The molecule has 15 heavy (non-hydrogen) atoms. The summed E-state index contributed by atoms with van der Waals surface area (Å²) < 4.78 is 5.90. The molecule has 0 aromatic rings. The second-order valence-electron chi connectivity index (χ2n) is 4.24. The van der Waals surface area contributed by atoms with Crippen LogP contribution in [0.1, 0.15) is 39.0 Å². The number of hydrogen-bond acceptors (Lipinski definition) is 2. The van der Waals surface area contributed by atoms with Crippen LogP contribution in [-0.2, 0) is 4.74 Å². The molecule has 1 N–H and O–H groups in total. The maximum absolute atomic E-state index is 5.90. The van der Waals surface area contributed by atoms with Crippen LogP contribution < -0.4 is 5.32 Å². The summed E-state index contributed by atoms with van der Waals surface area (Å²) in [5.74, 6) is 3.34. The summed E-state index contributed by atoms with van der Waals surface area (Å²) >= 11 is 0. The van der Waals surface area contributed by atoms with Crippen molar-refractivity contribution in [3.05, 3.63) is 0 Å². The van der Waals surface area contributed by atoms with Gasteiger partial charge >= 0.3 is 0 Å². The Balaban J connectivity index is 2.10. The summed E-state index contributed by atoms with van der Waals surface area (Å²) in [5.41, 5.74) is 0. The molecular weight excluding hydrogens is 186 g/mol. The number of rotatable bonds is 6. The van der Waals surface area contributed by atoms with Crippen LogP contribution in [0.5, 0.6) is 0 Å². The van der Waals surface area contributed by atoms with Crippen molar-refractivity contribution in [3.63, 3.8) is 0 Å². The van der Waals surface area contributed by atoms with Gasteiger partial charge in [-0.25, -0.2) is 0 Å². The molecule has 1 saturated carbocycles. The number of terminal acetylenes is 1. The SMILES string of the molecule is C#CCNCCOC1CCCCC1CC. The highest BCUT2D eigenvalue weighted by molar-refractivity contribution is 4.86. The van der Waals surface area contributed by atoms with E-state index in [1.54, 1.807) is 0 Å². The van der Waals surface area contributed by atoms with Crippen molar-refractivity contribution in [1.82, 2.24) is 5.32 Å². The maximum Gasteiger partial charge on any atom is 0.0603 e. The second-order valence-corrected chi connectivity index (χ2v) is 4.24. The van der Waals surface area contributed by atoms with Crippen molar-refractivity contribution >= 4 is 0 Å². The molecule has 0 amide bonds. The van der Waals surface area contributed by atoms with E-state index in [0.717, 1.165) is 19.1 Å². The van der Waals surface area contributed by atoms with E-state index in [1.807, 2.05) is 0 Å². The molecule has 0 spiro atoms. The smallest absolute Gasteiger partial charge is 0.0603 e. The monoisotopic (exact) mass is 209 g/mol. The Kier molecular flexibility index (Phi) is 6.47. The van der Waals surface area contributed by atoms with E-state index in [0.29, 0.717) is 12.6 Å². The van der Waals surface area contributed by atoms with Gasteiger partial charge in [0.05, 0.1) is 19.3 Å². The summed E-state index contributed by atoms with van der Waals surface area (Å²) in [6, 6.07) is 0. The van der Waals surface area contributed by atoms with Crippen molar-refractivity contribution in [2.24, 2.45) is 5.92 Å². The van der Waals surface area contributed by atoms with Gasteiger partial charge in [-0.05, 0) is 18.8 Å². The zero-order valence-corrected chi connectivity index (χ0v) is 9.80. The minimum atomic E-state index is 0.497. The summed E-state index contributed by atoms with van der Waals surface area (Å²) in [5, 5.41) is 3.15. The lowest BCUT2D eigenvalue weighted by Crippen LogP contribution is -2.30. The molecule has 2 unspecified atom stereocenters. The fourth-order valence-electron chi connectivity index (χ4n) is 2.30. The van der Waals surface area contributed by atoms with E-state index in [4.69, 9.17) is 11.2 Å². The Morgan fingerprint density at radius 1 is 1.40 bits per heavy atom. The van der Waals surface area contributed by atoms with Crippen LogP contribution >= 0.6 is 0 Å². The Hall–Kier alpha value is -0.520. The first-order valence-corrected chi connectivity index (χ1v) is 6.14. The molecule has 1 rings (SSSR count). The quantitative estimate of drug-likeness (QED) is 0.535. The van der Waals surface area contributed by atoms with E-state index in [-0.39, 0.29) is 0 Å². The van der Waals surface area contributed by atoms with Crippen LogP contribution in [0.2, 0.25) is 0 Å². The highest BCUT2D eigenvalue weighted by Crippen LogP contribution is 2.28. The molecule has 1 aliphatic rings. The van der Waals surface area contributed by atoms with Gasteiger partial charge in [-0.3, -0.25) is 0 Å². The Labute approximate surface area is 93.8 Å². The average molecular weight is 209 g/mol. The first kappa shape index (κ1) is 12.5. The van der Waals surface area contributed by atoms with Crippen LogP contribution in [0.15, 0.2) is 0 Å². The highest BCUT2D eigenvalue weighted by Gasteiger charge is 2.23. The molecule has 86 valence electrons. The van der Waals surface area contributed by atoms with Gasteiger partial charge in [0, 0.05) is 6.54 Å². The number of nitrogens with one attached hydrogen (secondary N) is 1. The van der Waals surface area contributed by atoms with E-state index in [1.165, 1.54) is 32.1 Å². The highest BCUT2D eigenvalue weighted by atomic mass is 16.5. The van der Waals surface area contributed by atoms with E-state index >= 15 is 0 Å². The summed E-state index contributed by atoms with van der Waals surface area (Å²) in [6.07, 6.45) is 12.2. The lowest BCUT2D eigenvalue weighted by molar-refractivity contribution is -0.00995. The lowest BCUT2D eigenvalue weighted by atomic mass is 9.85. The molecule has 1 aliphatic carbocycles. The van der Waals surface area contributed by atoms with Crippen LogP contribution in [0.4, 0.5) is 0 Å². The molecule has 0 saturated heterocycles. The first-order chi connectivity index (χ1) is 7.38. The first-order valence-electron chi connectivity index (χ1n) is 6.14. The normalized spacial score (nSPS) is 26.1. The molecule has 0 aromatic heterocycles. The van der Waals surface area contributed by atoms with Crippen molar-refractivity contribution in [1.29, 1.82) is 0 Å². The lowest BCUT2D eigenvalue weighted by Gasteiger charge is -2.30. The van der Waals surface area contributed by atoms with Gasteiger partial charge in [0.25, 0.3) is 0 Å². The topological polar surface area (TPSA) is 21.3 Å². The van der Waals surface area contributed by atoms with E-state index < -0.39 is 0 Å². The van der Waals surface area contributed by atoms with Gasteiger partial charge in [-0.15, -0.1) is 6.42 Å². The van der Waals surface area contributed by atoms with Crippen LogP contribution in [0.25, 0.3) is 0 Å². The molecular formula is C13H23NO. The Morgan fingerprint density at radius 2 is 2.20 bits per heavy atom. The molecule has 2 nitrogen and oxygen atoms in total. The molecule has 0 bridgehead atoms. The molecule has 2 atom stereocenters. The minimum absolute atomic E-state index is 0.497. The standard InChI is InChI=1S/C13H23NO/c1-3-9-14-10-11-15-13-8-6-5-7-12(13)4-2/h1,12-14H,4-11H2,2H3. The van der Waals surface area contributed by atoms with Crippen LogP contribution in [0.3, 0.4) is 0 Å². The fraction of sp³-hybridized carbons (Fsp3) is 0.846. The molecule has 2 heteroatoms. The molecule has 0 heterocycles. The van der Waals surface area contributed by atoms with Gasteiger partial charge in [-0.1, -0.05) is 32.1 Å². The molecule has 0 aliphatic heterocycles.